The summed E-state index contributed by atoms with van der Waals surface area (Å²) in [6.07, 6.45) is 15.9. The van der Waals surface area contributed by atoms with Crippen molar-refractivity contribution in [3.8, 4) is 0 Å². The third kappa shape index (κ3) is 7.82. The molecule has 2 saturated carbocycles. The number of benzene rings is 1. The Balaban J connectivity index is 1.37. The Hall–Kier alpha value is -1.39. The van der Waals surface area contributed by atoms with Crippen molar-refractivity contribution in [2.45, 2.75) is 103 Å². The fourth-order valence-corrected chi connectivity index (χ4v) is 6.12. The van der Waals surface area contributed by atoms with Crippen LogP contribution < -0.4 is 0 Å². The molecule has 0 heterocycles. The summed E-state index contributed by atoms with van der Waals surface area (Å²) in [6.45, 7) is 2.17. The highest BCUT2D eigenvalue weighted by atomic mass is 19.4. The van der Waals surface area contributed by atoms with Gasteiger partial charge in [-0.2, -0.15) is 13.2 Å². The van der Waals surface area contributed by atoms with Crippen LogP contribution in [0.15, 0.2) is 24.3 Å². The summed E-state index contributed by atoms with van der Waals surface area (Å²) in [6, 6.07) is 1.71. The molecule has 1 aromatic rings. The van der Waals surface area contributed by atoms with E-state index in [-0.39, 0.29) is 0 Å². The van der Waals surface area contributed by atoms with Gasteiger partial charge in [-0.05, 0) is 99.2 Å². The molecule has 186 valence electrons. The quantitative estimate of drug-likeness (QED) is 0.191. The third-order valence-corrected chi connectivity index (χ3v) is 8.06. The molecule has 0 N–H and O–H groups in total. The van der Waals surface area contributed by atoms with E-state index in [0.29, 0.717) is 17.9 Å². The lowest BCUT2D eigenvalue weighted by molar-refractivity contribution is -0.142. The maximum Gasteiger partial charge on any atom is 0.422 e. The zero-order chi connectivity index (χ0) is 23.8. The molecule has 0 aromatic heterocycles. The van der Waals surface area contributed by atoms with E-state index in [1.807, 2.05) is 0 Å². The summed E-state index contributed by atoms with van der Waals surface area (Å²) in [4.78, 5) is 0. The molecule has 33 heavy (non-hydrogen) atoms. The van der Waals surface area contributed by atoms with E-state index in [9.17, 15) is 22.0 Å². The number of hydrogen-bond acceptors (Lipinski definition) is 0. The Labute approximate surface area is 196 Å². The number of aryl methyl sites for hydroxylation is 1. The lowest BCUT2D eigenvalue weighted by atomic mass is 9.68. The number of alkyl halides is 3. The van der Waals surface area contributed by atoms with Crippen LogP contribution in [0.2, 0.25) is 0 Å². The minimum absolute atomic E-state index is 0.323. The molecule has 0 saturated heterocycles. The van der Waals surface area contributed by atoms with E-state index in [1.165, 1.54) is 57.8 Å². The van der Waals surface area contributed by atoms with E-state index in [2.05, 4.69) is 19.1 Å². The van der Waals surface area contributed by atoms with Crippen LogP contribution in [0.1, 0.15) is 102 Å². The summed E-state index contributed by atoms with van der Waals surface area (Å²) in [5, 5.41) is 0. The average Bonchev–Trinajstić information content (AvgIpc) is 2.77. The zero-order valence-corrected chi connectivity index (χ0v) is 19.9. The first kappa shape index (κ1) is 26.2. The monoisotopic (exact) mass is 470 g/mol. The molecule has 0 atom stereocenters. The lowest BCUT2D eigenvalue weighted by Gasteiger charge is -2.38. The first-order chi connectivity index (χ1) is 15.8. The van der Waals surface area contributed by atoms with E-state index < -0.39 is 23.4 Å². The SMILES string of the molecule is CC/C=C/CCCC1CCC(C2CCC(CCc3cc(F)c(C(F)(F)F)c(F)c3)CC2)CC1. The average molecular weight is 471 g/mol. The van der Waals surface area contributed by atoms with Gasteiger partial charge in [-0.15, -0.1) is 0 Å². The van der Waals surface area contributed by atoms with E-state index in [4.69, 9.17) is 0 Å². The van der Waals surface area contributed by atoms with Crippen LogP contribution in [0.5, 0.6) is 0 Å². The van der Waals surface area contributed by atoms with Gasteiger partial charge in [0.1, 0.15) is 17.2 Å². The van der Waals surface area contributed by atoms with E-state index >= 15 is 0 Å². The summed E-state index contributed by atoms with van der Waals surface area (Å²) < 4.78 is 65.9. The molecule has 0 spiro atoms. The number of unbranched alkanes of at least 4 members (excludes halogenated alkanes) is 1. The summed E-state index contributed by atoms with van der Waals surface area (Å²) in [5.41, 5.74) is -1.46. The highest BCUT2D eigenvalue weighted by Gasteiger charge is 2.38. The number of rotatable bonds is 9. The van der Waals surface area contributed by atoms with Crippen LogP contribution in [0.3, 0.4) is 0 Å². The normalized spacial score (nSPS) is 26.7. The minimum atomic E-state index is -5.00. The molecule has 2 aliphatic rings. The van der Waals surface area contributed by atoms with Gasteiger partial charge in [0.05, 0.1) is 0 Å². The maximum absolute atomic E-state index is 13.8. The van der Waals surface area contributed by atoms with Gasteiger partial charge < -0.3 is 0 Å². The first-order valence-corrected chi connectivity index (χ1v) is 13.0. The van der Waals surface area contributed by atoms with Crippen molar-refractivity contribution < 1.29 is 22.0 Å². The van der Waals surface area contributed by atoms with E-state index in [1.54, 1.807) is 0 Å². The Morgan fingerprint density at radius 1 is 0.788 bits per heavy atom. The van der Waals surface area contributed by atoms with Gasteiger partial charge in [-0.1, -0.05) is 51.2 Å². The molecule has 0 unspecified atom stereocenters. The van der Waals surface area contributed by atoms with Gasteiger partial charge in [0.15, 0.2) is 0 Å². The molecule has 0 amide bonds. The topological polar surface area (TPSA) is 0 Å². The molecule has 3 rings (SSSR count). The number of hydrogen-bond donors (Lipinski definition) is 0. The molecule has 2 aliphatic carbocycles. The van der Waals surface area contributed by atoms with Gasteiger partial charge in [0, 0.05) is 0 Å². The molecule has 0 aliphatic heterocycles. The largest absolute Gasteiger partial charge is 0.422 e. The fraction of sp³-hybridized carbons (Fsp3) is 0.714. The standard InChI is InChI=1S/C28H39F5/c1-2-3-4-5-6-7-20-10-14-23(15-11-20)24-16-12-21(13-17-24)8-9-22-18-25(29)27(26(30)19-22)28(31,32)33/h3-4,18-21,23-24H,2,5-17H2,1H3/b4-3+. The van der Waals surface area contributed by atoms with E-state index in [0.717, 1.165) is 55.6 Å². The molecule has 2 fully saturated rings. The van der Waals surface area contributed by atoms with Crippen molar-refractivity contribution in [1.82, 2.24) is 0 Å². The molecular formula is C28H39F5. The van der Waals surface area contributed by atoms with Gasteiger partial charge in [0.25, 0.3) is 0 Å². The molecule has 0 nitrogen and oxygen atoms in total. The van der Waals surface area contributed by atoms with Crippen molar-refractivity contribution >= 4 is 0 Å². The lowest BCUT2D eigenvalue weighted by Crippen LogP contribution is -2.26. The Morgan fingerprint density at radius 2 is 1.30 bits per heavy atom. The smallest absolute Gasteiger partial charge is 0.206 e. The second kappa shape index (κ2) is 12.4. The second-order valence-electron chi connectivity index (χ2n) is 10.3. The van der Waals surface area contributed by atoms with Crippen LogP contribution in [0.25, 0.3) is 0 Å². The highest BCUT2D eigenvalue weighted by Crippen LogP contribution is 2.43. The van der Waals surface area contributed by atoms with Gasteiger partial charge in [-0.25, -0.2) is 8.78 Å². The summed E-state index contributed by atoms with van der Waals surface area (Å²) in [7, 11) is 0. The Bertz CT molecular complexity index is 727. The predicted molar refractivity (Wildman–Crippen MR) is 124 cm³/mol. The van der Waals surface area contributed by atoms with Crippen molar-refractivity contribution in [1.29, 1.82) is 0 Å². The summed E-state index contributed by atoms with van der Waals surface area (Å²) in [5.74, 6) is 0.0405. The zero-order valence-electron chi connectivity index (χ0n) is 19.9. The molecule has 0 radical (unpaired) electrons. The highest BCUT2D eigenvalue weighted by molar-refractivity contribution is 5.28. The molecular weight excluding hydrogens is 431 g/mol. The van der Waals surface area contributed by atoms with Gasteiger partial charge in [0.2, 0.25) is 0 Å². The van der Waals surface area contributed by atoms with Crippen molar-refractivity contribution in [2.75, 3.05) is 0 Å². The molecule has 5 heteroatoms. The predicted octanol–water partition coefficient (Wildman–Crippen LogP) is 9.67. The van der Waals surface area contributed by atoms with Crippen molar-refractivity contribution in [3.05, 3.63) is 47.0 Å². The van der Waals surface area contributed by atoms with Crippen LogP contribution in [0.4, 0.5) is 22.0 Å². The fourth-order valence-electron chi connectivity index (χ4n) is 6.12. The van der Waals surface area contributed by atoms with Gasteiger partial charge >= 0.3 is 6.18 Å². The molecule has 1 aromatic carbocycles. The molecule has 0 bridgehead atoms. The first-order valence-electron chi connectivity index (χ1n) is 13.0. The third-order valence-electron chi connectivity index (χ3n) is 8.06. The van der Waals surface area contributed by atoms with Gasteiger partial charge in [-0.3, -0.25) is 0 Å². The van der Waals surface area contributed by atoms with Crippen molar-refractivity contribution in [2.24, 2.45) is 23.7 Å². The van der Waals surface area contributed by atoms with Crippen LogP contribution in [-0.2, 0) is 12.6 Å². The maximum atomic E-state index is 13.8. The van der Waals surface area contributed by atoms with Crippen molar-refractivity contribution in [3.63, 3.8) is 0 Å². The number of allylic oxidation sites excluding steroid dienone is 2. The minimum Gasteiger partial charge on any atom is -0.206 e. The Morgan fingerprint density at radius 3 is 1.79 bits per heavy atom. The van der Waals surface area contributed by atoms with Crippen LogP contribution in [0, 0.1) is 35.3 Å². The Kier molecular flexibility index (Phi) is 9.81. The van der Waals surface area contributed by atoms with Crippen LogP contribution >= 0.6 is 0 Å². The summed E-state index contributed by atoms with van der Waals surface area (Å²) >= 11 is 0. The number of halogens is 5. The second-order valence-corrected chi connectivity index (χ2v) is 10.3. The van der Waals surface area contributed by atoms with Crippen LogP contribution in [-0.4, -0.2) is 0 Å².